The Hall–Kier alpha value is -2.14. The summed E-state index contributed by atoms with van der Waals surface area (Å²) in [4.78, 5) is 16.5. The van der Waals surface area contributed by atoms with Crippen molar-refractivity contribution < 1.29 is 13.6 Å². The summed E-state index contributed by atoms with van der Waals surface area (Å²) in [5, 5.41) is 0. The van der Waals surface area contributed by atoms with Gasteiger partial charge in [0.15, 0.2) is 5.76 Å². The molecule has 1 saturated heterocycles. The minimum atomic E-state index is -0.354. The van der Waals surface area contributed by atoms with Gasteiger partial charge in [0, 0.05) is 19.6 Å². The van der Waals surface area contributed by atoms with Crippen molar-refractivity contribution in [3.8, 4) is 11.3 Å². The fourth-order valence-corrected chi connectivity index (χ4v) is 2.66. The van der Waals surface area contributed by atoms with Crippen LogP contribution >= 0.6 is 0 Å². The Labute approximate surface area is 129 Å². The second-order valence-corrected chi connectivity index (χ2v) is 5.59. The Morgan fingerprint density at radius 1 is 1.09 bits per heavy atom. The normalized spacial score (nSPS) is 16.5. The monoisotopic (exact) mass is 302 g/mol. The van der Waals surface area contributed by atoms with Gasteiger partial charge in [0.1, 0.15) is 11.6 Å². The number of amides is 1. The van der Waals surface area contributed by atoms with E-state index in [1.807, 2.05) is 0 Å². The molecular formula is C17H19FN2O2. The van der Waals surface area contributed by atoms with Crippen molar-refractivity contribution in [3.05, 3.63) is 48.0 Å². The van der Waals surface area contributed by atoms with E-state index in [9.17, 15) is 9.18 Å². The summed E-state index contributed by atoms with van der Waals surface area (Å²) in [6.07, 6.45) is 0.948. The summed E-state index contributed by atoms with van der Waals surface area (Å²) in [6.45, 7) is 3.25. The first-order chi connectivity index (χ1) is 10.6. The summed E-state index contributed by atoms with van der Waals surface area (Å²) in [7, 11) is 2.05. The van der Waals surface area contributed by atoms with E-state index < -0.39 is 0 Å². The second kappa shape index (κ2) is 6.32. The summed E-state index contributed by atoms with van der Waals surface area (Å²) in [5.41, 5.74) is 0.372. The number of nitrogens with zero attached hydrogens (tertiary/aromatic N) is 2. The number of hydrogen-bond donors (Lipinski definition) is 0. The smallest absolute Gasteiger partial charge is 0.289 e. The van der Waals surface area contributed by atoms with Crippen molar-refractivity contribution in [1.82, 2.24) is 9.80 Å². The zero-order valence-corrected chi connectivity index (χ0v) is 12.6. The molecule has 5 heteroatoms. The number of hydrogen-bond acceptors (Lipinski definition) is 3. The lowest BCUT2D eigenvalue weighted by Gasteiger charge is -2.19. The maximum Gasteiger partial charge on any atom is 0.289 e. The van der Waals surface area contributed by atoms with E-state index in [4.69, 9.17) is 4.42 Å². The average Bonchev–Trinajstić information content (AvgIpc) is 2.90. The molecule has 0 bridgehead atoms. The number of carbonyl (C=O) groups excluding carboxylic acids is 1. The first-order valence-electron chi connectivity index (χ1n) is 7.48. The number of furan rings is 1. The largest absolute Gasteiger partial charge is 0.451 e. The SMILES string of the molecule is CN1CCCN(C(=O)c2ccc(-c3ccccc3F)o2)CC1. The molecule has 0 N–H and O–H groups in total. The highest BCUT2D eigenvalue weighted by atomic mass is 19.1. The summed E-state index contributed by atoms with van der Waals surface area (Å²) in [6, 6.07) is 9.66. The molecule has 3 rings (SSSR count). The Morgan fingerprint density at radius 3 is 2.73 bits per heavy atom. The molecule has 0 aliphatic carbocycles. The van der Waals surface area contributed by atoms with Crippen LogP contribution < -0.4 is 0 Å². The summed E-state index contributed by atoms with van der Waals surface area (Å²) >= 11 is 0. The Balaban J connectivity index is 1.78. The third-order valence-electron chi connectivity index (χ3n) is 3.96. The third-order valence-corrected chi connectivity index (χ3v) is 3.96. The highest BCUT2D eigenvalue weighted by Crippen LogP contribution is 2.25. The van der Waals surface area contributed by atoms with E-state index >= 15 is 0 Å². The van der Waals surface area contributed by atoms with Crippen LogP contribution in [-0.2, 0) is 0 Å². The molecule has 0 spiro atoms. The lowest BCUT2D eigenvalue weighted by Crippen LogP contribution is -2.34. The molecule has 0 saturated carbocycles. The van der Waals surface area contributed by atoms with Crippen LogP contribution in [0.1, 0.15) is 17.0 Å². The van der Waals surface area contributed by atoms with Crippen molar-refractivity contribution in [2.75, 3.05) is 33.2 Å². The number of benzene rings is 1. The highest BCUT2D eigenvalue weighted by Gasteiger charge is 2.22. The molecule has 1 aliphatic rings. The van der Waals surface area contributed by atoms with Gasteiger partial charge in [-0.3, -0.25) is 4.79 Å². The fourth-order valence-electron chi connectivity index (χ4n) is 2.66. The van der Waals surface area contributed by atoms with Crippen molar-refractivity contribution >= 4 is 5.91 Å². The average molecular weight is 302 g/mol. The molecule has 1 amide bonds. The molecule has 0 radical (unpaired) electrons. The van der Waals surface area contributed by atoms with Gasteiger partial charge in [0.25, 0.3) is 5.91 Å². The van der Waals surface area contributed by atoms with Crippen LogP contribution in [0.4, 0.5) is 4.39 Å². The summed E-state index contributed by atoms with van der Waals surface area (Å²) in [5.74, 6) is 0.168. The molecule has 1 aliphatic heterocycles. The Bertz CT molecular complexity index is 668. The first-order valence-corrected chi connectivity index (χ1v) is 7.48. The minimum Gasteiger partial charge on any atom is -0.451 e. The molecule has 4 nitrogen and oxygen atoms in total. The first kappa shape index (κ1) is 14.8. The topological polar surface area (TPSA) is 36.7 Å². The van der Waals surface area contributed by atoms with Crippen molar-refractivity contribution in [3.63, 3.8) is 0 Å². The number of likely N-dealkylation sites (N-methyl/N-ethyl adjacent to an activating group) is 1. The molecule has 0 unspecified atom stereocenters. The van der Waals surface area contributed by atoms with Gasteiger partial charge >= 0.3 is 0 Å². The molecule has 1 aromatic heterocycles. The second-order valence-electron chi connectivity index (χ2n) is 5.59. The standard InChI is InChI=1S/C17H19FN2O2/c1-19-9-4-10-20(12-11-19)17(21)16-8-7-15(22-16)13-5-2-3-6-14(13)18/h2-3,5-8H,4,9-12H2,1H3. The van der Waals surface area contributed by atoms with Gasteiger partial charge in [-0.15, -0.1) is 0 Å². The zero-order valence-electron chi connectivity index (χ0n) is 12.6. The minimum absolute atomic E-state index is 0.127. The molecule has 2 heterocycles. The lowest BCUT2D eigenvalue weighted by atomic mass is 10.1. The van der Waals surface area contributed by atoms with Gasteiger partial charge < -0.3 is 14.2 Å². The van der Waals surface area contributed by atoms with Crippen molar-refractivity contribution in [1.29, 1.82) is 0 Å². The third kappa shape index (κ3) is 3.04. The maximum atomic E-state index is 13.8. The van der Waals surface area contributed by atoms with Crippen LogP contribution in [0.15, 0.2) is 40.8 Å². The Kier molecular flexibility index (Phi) is 4.24. The van der Waals surface area contributed by atoms with Crippen LogP contribution in [0.2, 0.25) is 0 Å². The van der Waals surface area contributed by atoms with Crippen LogP contribution in [-0.4, -0.2) is 48.9 Å². The van der Waals surface area contributed by atoms with Gasteiger partial charge in [-0.25, -0.2) is 4.39 Å². The molecule has 0 atom stereocenters. The van der Waals surface area contributed by atoms with Crippen molar-refractivity contribution in [2.45, 2.75) is 6.42 Å². The van der Waals surface area contributed by atoms with Crippen LogP contribution in [0.5, 0.6) is 0 Å². The quantitative estimate of drug-likeness (QED) is 0.856. The van der Waals surface area contributed by atoms with Gasteiger partial charge in [-0.2, -0.15) is 0 Å². The van der Waals surface area contributed by atoms with Crippen LogP contribution in [0, 0.1) is 5.82 Å². The van der Waals surface area contributed by atoms with E-state index in [0.29, 0.717) is 17.9 Å². The maximum absolute atomic E-state index is 13.8. The van der Waals surface area contributed by atoms with Gasteiger partial charge in [-0.05, 0) is 44.3 Å². The molecule has 2 aromatic rings. The predicted octanol–water partition coefficient (Wildman–Crippen LogP) is 2.86. The van der Waals surface area contributed by atoms with Crippen LogP contribution in [0.25, 0.3) is 11.3 Å². The number of rotatable bonds is 2. The molecular weight excluding hydrogens is 283 g/mol. The van der Waals surface area contributed by atoms with E-state index in [2.05, 4.69) is 11.9 Å². The lowest BCUT2D eigenvalue weighted by molar-refractivity contribution is 0.0732. The molecule has 116 valence electrons. The molecule has 1 fully saturated rings. The van der Waals surface area contributed by atoms with Gasteiger partial charge in [-0.1, -0.05) is 12.1 Å². The zero-order chi connectivity index (χ0) is 15.5. The van der Waals surface area contributed by atoms with E-state index in [0.717, 1.165) is 26.1 Å². The van der Waals surface area contributed by atoms with Crippen molar-refractivity contribution in [2.24, 2.45) is 0 Å². The highest BCUT2D eigenvalue weighted by molar-refractivity contribution is 5.92. The van der Waals surface area contributed by atoms with E-state index in [1.54, 1.807) is 35.2 Å². The molecule has 22 heavy (non-hydrogen) atoms. The summed E-state index contributed by atoms with van der Waals surface area (Å²) < 4.78 is 19.4. The molecule has 1 aromatic carbocycles. The number of carbonyl (C=O) groups is 1. The van der Waals surface area contributed by atoms with Crippen LogP contribution in [0.3, 0.4) is 0 Å². The van der Waals surface area contributed by atoms with E-state index in [-0.39, 0.29) is 17.5 Å². The Morgan fingerprint density at radius 2 is 1.91 bits per heavy atom. The fraction of sp³-hybridized carbons (Fsp3) is 0.353. The predicted molar refractivity (Wildman–Crippen MR) is 82.1 cm³/mol. The van der Waals surface area contributed by atoms with Gasteiger partial charge in [0.2, 0.25) is 0 Å². The number of halogens is 1. The van der Waals surface area contributed by atoms with Gasteiger partial charge in [0.05, 0.1) is 5.56 Å². The van der Waals surface area contributed by atoms with E-state index in [1.165, 1.54) is 6.07 Å².